The molecule has 0 radical (unpaired) electrons. The van der Waals surface area contributed by atoms with Gasteiger partial charge in [-0.1, -0.05) is 47.7 Å². The highest BCUT2D eigenvalue weighted by molar-refractivity contribution is 5.96. The van der Waals surface area contributed by atoms with E-state index in [2.05, 4.69) is 31.6 Å². The Bertz CT molecular complexity index is 1680. The Morgan fingerprint density at radius 2 is 1.79 bits per heavy atom. The molecule has 3 aromatic rings. The number of nitrogens with zero attached hydrogens (tertiary/aromatic N) is 4. The molecule has 3 aliphatic rings. The van der Waals surface area contributed by atoms with Gasteiger partial charge >= 0.3 is 5.97 Å². The van der Waals surface area contributed by atoms with E-state index in [1.807, 2.05) is 6.07 Å². The van der Waals surface area contributed by atoms with Crippen molar-refractivity contribution in [1.29, 1.82) is 0 Å². The van der Waals surface area contributed by atoms with Crippen LogP contribution in [0, 0.1) is 0 Å². The van der Waals surface area contributed by atoms with Crippen LogP contribution >= 0.6 is 0 Å². The summed E-state index contributed by atoms with van der Waals surface area (Å²) in [4.78, 5) is 68.4. The molecular formula is C36H46N8O8. The lowest BCUT2D eigenvalue weighted by Crippen LogP contribution is -2.59. The van der Waals surface area contributed by atoms with Gasteiger partial charge in [-0.2, -0.15) is 0 Å². The second-order valence-electron chi connectivity index (χ2n) is 12.9. The number of nitrogens with one attached hydrogen (secondary N) is 4. The van der Waals surface area contributed by atoms with Crippen molar-refractivity contribution in [3.8, 4) is 5.75 Å². The summed E-state index contributed by atoms with van der Waals surface area (Å²) in [5.41, 5.74) is 1.94. The summed E-state index contributed by atoms with van der Waals surface area (Å²) >= 11 is 0. The summed E-state index contributed by atoms with van der Waals surface area (Å²) in [6.07, 6.45) is 3.27. The van der Waals surface area contributed by atoms with E-state index >= 15 is 0 Å². The molecule has 0 saturated carbocycles. The molecule has 3 aliphatic heterocycles. The van der Waals surface area contributed by atoms with Crippen LogP contribution in [0.25, 0.3) is 0 Å². The van der Waals surface area contributed by atoms with Gasteiger partial charge < -0.3 is 40.7 Å². The van der Waals surface area contributed by atoms with Crippen molar-refractivity contribution < 1.29 is 38.6 Å². The topological polar surface area (TPSA) is 206 Å². The molecule has 52 heavy (non-hydrogen) atoms. The average molecular weight is 719 g/mol. The smallest absolute Gasteiger partial charge is 0.326 e. The first kappa shape index (κ1) is 37.9. The largest absolute Gasteiger partial charge is 0.494 e. The molecule has 4 amide bonds. The van der Waals surface area contributed by atoms with E-state index in [-0.39, 0.29) is 32.6 Å². The molecule has 16 nitrogen and oxygen atoms in total. The summed E-state index contributed by atoms with van der Waals surface area (Å²) in [7, 11) is 1.62. The summed E-state index contributed by atoms with van der Waals surface area (Å²) in [5.74, 6) is -2.82. The number of benzene rings is 2. The molecule has 5 unspecified atom stereocenters. The van der Waals surface area contributed by atoms with Crippen LogP contribution in [0.1, 0.15) is 43.0 Å². The first-order valence-corrected chi connectivity index (χ1v) is 17.5. The Hall–Kier alpha value is -5.35. The van der Waals surface area contributed by atoms with Crippen LogP contribution < -0.4 is 26.0 Å². The maximum atomic E-state index is 14.0. The number of carbonyl (C=O) groups excluding carboxylic acids is 4. The third-order valence-corrected chi connectivity index (χ3v) is 9.09. The Morgan fingerprint density at radius 3 is 2.52 bits per heavy atom. The first-order valence-electron chi connectivity index (χ1n) is 17.5. The number of amides is 4. The third-order valence-electron chi connectivity index (χ3n) is 9.09. The highest BCUT2D eigenvalue weighted by atomic mass is 16.5. The normalized spacial score (nSPS) is 22.9. The fourth-order valence-electron chi connectivity index (χ4n) is 6.07. The lowest BCUT2D eigenvalue weighted by atomic mass is 10.0. The summed E-state index contributed by atoms with van der Waals surface area (Å²) < 4.78 is 13.4. The van der Waals surface area contributed by atoms with Crippen LogP contribution in [-0.4, -0.2) is 112 Å². The maximum Gasteiger partial charge on any atom is 0.326 e. The Labute approximate surface area is 301 Å². The van der Waals surface area contributed by atoms with Gasteiger partial charge in [-0.15, -0.1) is 5.10 Å². The molecule has 4 bridgehead atoms. The van der Waals surface area contributed by atoms with Gasteiger partial charge in [-0.05, 0) is 50.1 Å². The molecule has 1 aromatic heterocycles. The summed E-state index contributed by atoms with van der Waals surface area (Å²) in [5, 5.41) is 29.4. The van der Waals surface area contributed by atoms with Crippen LogP contribution in [0.15, 0.2) is 60.8 Å². The minimum Gasteiger partial charge on any atom is -0.494 e. The summed E-state index contributed by atoms with van der Waals surface area (Å²) in [6.45, 7) is 2.65. The van der Waals surface area contributed by atoms with E-state index in [0.29, 0.717) is 49.4 Å². The van der Waals surface area contributed by atoms with Gasteiger partial charge in [-0.25, -0.2) is 4.79 Å². The van der Waals surface area contributed by atoms with Gasteiger partial charge in [0.1, 0.15) is 35.6 Å². The van der Waals surface area contributed by atoms with E-state index in [4.69, 9.17) is 9.47 Å². The third kappa shape index (κ3) is 10.4. The van der Waals surface area contributed by atoms with Gasteiger partial charge in [0, 0.05) is 32.4 Å². The second kappa shape index (κ2) is 18.2. The molecule has 16 heteroatoms. The number of aromatic nitrogens is 3. The van der Waals surface area contributed by atoms with Crippen molar-refractivity contribution in [3.63, 3.8) is 0 Å². The van der Waals surface area contributed by atoms with Gasteiger partial charge in [-0.3, -0.25) is 23.9 Å². The minimum atomic E-state index is -1.29. The zero-order chi connectivity index (χ0) is 37.0. The molecule has 0 spiro atoms. The van der Waals surface area contributed by atoms with Crippen LogP contribution in [-0.2, 0) is 54.7 Å². The van der Waals surface area contributed by atoms with E-state index in [1.165, 1.54) is 4.90 Å². The number of carboxylic acids is 1. The quantitative estimate of drug-likeness (QED) is 0.233. The van der Waals surface area contributed by atoms with Crippen molar-refractivity contribution in [2.45, 2.75) is 82.4 Å². The van der Waals surface area contributed by atoms with Gasteiger partial charge in [0.25, 0.3) is 0 Å². The average Bonchev–Trinajstić information content (AvgIpc) is 3.82. The van der Waals surface area contributed by atoms with Gasteiger partial charge in [0.2, 0.25) is 23.6 Å². The number of likely N-dealkylation sites (N-methyl/N-ethyl adjacent to an activating group) is 1. The zero-order valence-electron chi connectivity index (χ0n) is 29.3. The molecule has 1 saturated heterocycles. The number of hydrogen-bond donors (Lipinski definition) is 5. The zero-order valence-corrected chi connectivity index (χ0v) is 29.3. The van der Waals surface area contributed by atoms with Crippen molar-refractivity contribution in [1.82, 2.24) is 41.2 Å². The van der Waals surface area contributed by atoms with Crippen molar-refractivity contribution in [2.75, 3.05) is 26.8 Å². The van der Waals surface area contributed by atoms with Crippen LogP contribution in [0.5, 0.6) is 5.75 Å². The van der Waals surface area contributed by atoms with Crippen LogP contribution in [0.4, 0.5) is 0 Å². The molecule has 5 N–H and O–H groups in total. The van der Waals surface area contributed by atoms with E-state index < -0.39 is 59.8 Å². The number of rotatable bonds is 6. The molecule has 278 valence electrons. The fourth-order valence-corrected chi connectivity index (χ4v) is 6.07. The molecule has 0 aliphatic carbocycles. The number of aliphatic carboxylic acids is 1. The highest BCUT2D eigenvalue weighted by Gasteiger charge is 2.39. The number of hydrogen-bond acceptors (Lipinski definition) is 10. The van der Waals surface area contributed by atoms with Crippen LogP contribution in [0.3, 0.4) is 0 Å². The summed E-state index contributed by atoms with van der Waals surface area (Å²) in [6, 6.07) is 10.9. The Morgan fingerprint density at radius 1 is 1.02 bits per heavy atom. The number of aryl methyl sites for hydroxylation is 1. The van der Waals surface area contributed by atoms with E-state index in [0.717, 1.165) is 5.56 Å². The van der Waals surface area contributed by atoms with Crippen molar-refractivity contribution >= 4 is 29.6 Å². The van der Waals surface area contributed by atoms with E-state index in [1.54, 1.807) is 73.4 Å². The Balaban J connectivity index is 1.41. The lowest BCUT2D eigenvalue weighted by molar-refractivity contribution is -0.144. The lowest BCUT2D eigenvalue weighted by Gasteiger charge is -2.30. The van der Waals surface area contributed by atoms with E-state index in [9.17, 15) is 29.1 Å². The monoisotopic (exact) mass is 718 g/mol. The van der Waals surface area contributed by atoms with Crippen molar-refractivity contribution in [3.05, 3.63) is 77.6 Å². The predicted molar refractivity (Wildman–Crippen MR) is 187 cm³/mol. The fraction of sp³-hybridized carbons (Fsp3) is 0.472. The molecule has 2 aromatic carbocycles. The Kier molecular flexibility index (Phi) is 13.3. The predicted octanol–water partition coefficient (Wildman–Crippen LogP) is 0.201. The van der Waals surface area contributed by atoms with Gasteiger partial charge in [0.15, 0.2) is 0 Å². The standard InChI is InChI=1S/C36H46N8O8/c1-23(37-2)32(45)40-30-22-51-21-26-20-43(42-41-26)15-7-17-52-27-13-11-25(12-14-27)19-29(36(49)50)39-33(46)28(18-24-8-4-3-5-9-24)38-34(47)31-10-6-16-44(31)35(30)48/h3-5,8-9,11-14,20,23,28-31,37H,6-7,10,15-19,21-22H2,1-2H3,(H,38,47)(H,39,46)(H,40,45)(H,49,50). The molecule has 6 rings (SSSR count). The maximum absolute atomic E-state index is 14.0. The number of carbonyl (C=O) groups is 5. The molecule has 5 atom stereocenters. The highest BCUT2D eigenvalue weighted by Crippen LogP contribution is 2.20. The molecule has 1 fully saturated rings. The van der Waals surface area contributed by atoms with Gasteiger partial charge in [0.05, 0.1) is 32.1 Å². The molecular weight excluding hydrogens is 672 g/mol. The van der Waals surface area contributed by atoms with Crippen LogP contribution in [0.2, 0.25) is 0 Å². The first-order chi connectivity index (χ1) is 25.1. The minimum absolute atomic E-state index is 0.00571. The number of fused-ring (bicyclic) bond motifs is 15. The SMILES string of the molecule is CNC(C)C(=O)NC1COCc2cn(nn2)CCCOc2ccc(cc2)CC(C(=O)O)NC(=O)C(Cc2ccccc2)NC(=O)C2CCCN2C1=O. The number of carboxylic acid groups (broad SMARTS) is 1. The molecule has 4 heterocycles. The number of ether oxygens (including phenoxy) is 2. The second-order valence-corrected chi connectivity index (χ2v) is 12.9. The van der Waals surface area contributed by atoms with Crippen molar-refractivity contribution in [2.24, 2.45) is 0 Å².